The lowest BCUT2D eigenvalue weighted by atomic mass is 10.1. The van der Waals surface area contributed by atoms with Gasteiger partial charge in [0.2, 0.25) is 0 Å². The van der Waals surface area contributed by atoms with Crippen LogP contribution in [-0.4, -0.2) is 37.5 Å². The summed E-state index contributed by atoms with van der Waals surface area (Å²) in [5, 5.41) is 17.5. The van der Waals surface area contributed by atoms with Gasteiger partial charge >= 0.3 is 5.97 Å². The first-order chi connectivity index (χ1) is 7.09. The molecule has 0 bridgehead atoms. The summed E-state index contributed by atoms with van der Waals surface area (Å²) in [7, 11) is 0.306. The van der Waals surface area contributed by atoms with E-state index < -0.39 is 12.0 Å². The second-order valence-electron chi connectivity index (χ2n) is 2.82. The van der Waals surface area contributed by atoms with Crippen LogP contribution >= 0.6 is 0 Å². The van der Waals surface area contributed by atoms with Gasteiger partial charge in [0.05, 0.1) is 0 Å². The molecule has 0 saturated carbocycles. The molecule has 0 aliphatic carbocycles. The van der Waals surface area contributed by atoms with Crippen LogP contribution in [0.2, 0.25) is 0 Å². The molecule has 6 heteroatoms. The summed E-state index contributed by atoms with van der Waals surface area (Å²) < 4.78 is 0. The topological polar surface area (TPSA) is 104 Å². The van der Waals surface area contributed by atoms with Crippen molar-refractivity contribution in [2.24, 2.45) is 5.73 Å². The predicted molar refractivity (Wildman–Crippen MR) is 59.6 cm³/mol. The third-order valence-electron chi connectivity index (χ3n) is 1.71. The van der Waals surface area contributed by atoms with Crippen molar-refractivity contribution in [3.63, 3.8) is 0 Å². The van der Waals surface area contributed by atoms with Crippen molar-refractivity contribution in [3.8, 4) is 5.75 Å². The summed E-state index contributed by atoms with van der Waals surface area (Å²) >= 11 is 0. The molecule has 0 amide bonds. The van der Waals surface area contributed by atoms with Gasteiger partial charge in [-0.25, -0.2) is 0 Å². The Morgan fingerprint density at radius 1 is 1.33 bits per heavy atom. The van der Waals surface area contributed by atoms with Crippen LogP contribution in [0, 0.1) is 0 Å². The normalized spacial score (nSPS) is 11.3. The maximum Gasteiger partial charge on any atom is 0.320 e. The van der Waals surface area contributed by atoms with E-state index in [1.807, 2.05) is 0 Å². The minimum atomic E-state index is -1.02. The van der Waals surface area contributed by atoms with Crippen molar-refractivity contribution in [1.82, 2.24) is 0 Å². The first-order valence-corrected chi connectivity index (χ1v) is 5.20. The van der Waals surface area contributed by atoms with E-state index in [0.29, 0.717) is 10.5 Å². The lowest BCUT2D eigenvalue weighted by Crippen LogP contribution is -2.32. The van der Waals surface area contributed by atoms with E-state index in [9.17, 15) is 4.79 Å². The summed E-state index contributed by atoms with van der Waals surface area (Å²) in [5.41, 5.74) is 6.12. The Kier molecular flexibility index (Phi) is 6.35. The first-order valence-electron chi connectivity index (χ1n) is 4.30. The van der Waals surface area contributed by atoms with Crippen molar-refractivity contribution in [2.75, 3.05) is 0 Å². The van der Waals surface area contributed by atoms with Crippen LogP contribution < -0.4 is 5.73 Å². The molecule has 0 saturated heterocycles. The molecule has 0 aliphatic heterocycles. The molecule has 5 nitrogen and oxygen atoms in total. The molecule has 1 atom stereocenters. The number of phenols is 1. The second-order valence-corrected chi connectivity index (χ2v) is 2.82. The van der Waals surface area contributed by atoms with E-state index in [2.05, 4.69) is 0 Å². The number of aromatic hydroxyl groups is 1. The molecule has 1 aromatic rings. The fourth-order valence-electron chi connectivity index (χ4n) is 0.973. The van der Waals surface area contributed by atoms with Crippen molar-refractivity contribution in [3.05, 3.63) is 29.8 Å². The molecule has 0 heterocycles. The summed E-state index contributed by atoms with van der Waals surface area (Å²) in [4.78, 5) is 17.5. The third-order valence-corrected chi connectivity index (χ3v) is 1.71. The average Bonchev–Trinajstić information content (AvgIpc) is 2.24. The number of carboxylic acids is 1. The molecule has 5 N–H and O–H groups in total. The van der Waals surface area contributed by atoms with Crippen LogP contribution in [0.25, 0.3) is 0 Å². The number of hydrogen-bond donors (Lipinski definition) is 4. The Morgan fingerprint density at radius 2 is 1.80 bits per heavy atom. The fourth-order valence-corrected chi connectivity index (χ4v) is 0.973. The van der Waals surface area contributed by atoms with Crippen LogP contribution in [-0.2, 0) is 11.2 Å². The number of phenolic OH excluding ortho intramolecular Hbond substituents is 1. The summed E-state index contributed by atoms with van der Waals surface area (Å²) in [6.07, 6.45) is 0.273. The molecule has 0 aromatic heterocycles. The average molecular weight is 229 g/mol. The zero-order valence-electron chi connectivity index (χ0n) is 8.42. The lowest BCUT2D eigenvalue weighted by Gasteiger charge is -2.05. The van der Waals surface area contributed by atoms with Crippen LogP contribution in [0.4, 0.5) is 0 Å². The van der Waals surface area contributed by atoms with Gasteiger partial charge in [-0.2, -0.15) is 0 Å². The molecule has 1 aromatic carbocycles. The quantitative estimate of drug-likeness (QED) is 0.478. The minimum Gasteiger partial charge on any atom is -0.508 e. The highest BCUT2D eigenvalue weighted by atomic mass is 28.2. The standard InChI is InChI=1S/C9H11NO3.H4OSi/c10-8(9(12)13)5-6-1-3-7(11)4-2-6;1-2/h1-4,8,11H,5,10H2,(H,12,13);1H,2H3/t8-;/m0./s1. The van der Waals surface area contributed by atoms with Gasteiger partial charge in [-0.1, -0.05) is 12.1 Å². The fraction of sp³-hybridized carbons (Fsp3) is 0.222. The molecular formula is C9H15NO4Si. The van der Waals surface area contributed by atoms with Crippen molar-refractivity contribution in [1.29, 1.82) is 0 Å². The molecule has 0 radical (unpaired) electrons. The van der Waals surface area contributed by atoms with E-state index in [4.69, 9.17) is 20.7 Å². The van der Waals surface area contributed by atoms with Gasteiger partial charge in [0.1, 0.15) is 22.3 Å². The Morgan fingerprint density at radius 3 is 2.20 bits per heavy atom. The maximum absolute atomic E-state index is 10.4. The zero-order chi connectivity index (χ0) is 11.8. The molecule has 0 unspecified atom stereocenters. The number of hydrogen-bond acceptors (Lipinski definition) is 4. The molecule has 84 valence electrons. The lowest BCUT2D eigenvalue weighted by molar-refractivity contribution is -0.138. The number of benzene rings is 1. The van der Waals surface area contributed by atoms with E-state index in [1.54, 1.807) is 12.1 Å². The van der Waals surface area contributed by atoms with Crippen molar-refractivity contribution < 1.29 is 19.8 Å². The van der Waals surface area contributed by atoms with Crippen LogP contribution in [0.1, 0.15) is 5.56 Å². The molecule has 1 rings (SSSR count). The van der Waals surface area contributed by atoms with Crippen molar-refractivity contribution in [2.45, 2.75) is 12.5 Å². The highest BCUT2D eigenvalue weighted by Crippen LogP contribution is 2.10. The zero-order valence-corrected chi connectivity index (χ0v) is 10.4. The molecule has 0 fully saturated rings. The second kappa shape index (κ2) is 6.99. The van der Waals surface area contributed by atoms with Gasteiger partial charge in [0, 0.05) is 0 Å². The molecule has 0 aliphatic rings. The monoisotopic (exact) mass is 229 g/mol. The van der Waals surface area contributed by atoms with Gasteiger partial charge in [-0.15, -0.1) is 0 Å². The first kappa shape index (κ1) is 13.6. The smallest absolute Gasteiger partial charge is 0.320 e. The van der Waals surface area contributed by atoms with Crippen molar-refractivity contribution >= 4 is 16.5 Å². The molecular weight excluding hydrogens is 214 g/mol. The van der Waals surface area contributed by atoms with Crippen LogP contribution in [0.5, 0.6) is 5.75 Å². The van der Waals surface area contributed by atoms with Gasteiger partial charge < -0.3 is 20.7 Å². The maximum atomic E-state index is 10.4. The Bertz CT molecular complexity index is 301. The number of rotatable bonds is 3. The summed E-state index contributed by atoms with van der Waals surface area (Å²) in [6, 6.07) is 5.42. The minimum absolute atomic E-state index is 0.160. The van der Waals surface area contributed by atoms with Crippen LogP contribution in [0.3, 0.4) is 0 Å². The molecule has 15 heavy (non-hydrogen) atoms. The number of nitrogens with two attached hydrogens (primary N) is 1. The van der Waals surface area contributed by atoms with Crippen LogP contribution in [0.15, 0.2) is 24.3 Å². The van der Waals surface area contributed by atoms with E-state index in [0.717, 1.165) is 5.56 Å². The third kappa shape index (κ3) is 5.16. The van der Waals surface area contributed by atoms with E-state index >= 15 is 0 Å². The SMILES string of the molecule is N[C@@H](Cc1ccc(O)cc1)C(=O)O.O[SiH3]. The largest absolute Gasteiger partial charge is 0.508 e. The number of aliphatic carboxylic acids is 1. The Balaban J connectivity index is 0.000000921. The molecule has 0 spiro atoms. The van der Waals surface area contributed by atoms with E-state index in [-0.39, 0.29) is 12.2 Å². The number of carboxylic acid groups (broad SMARTS) is 1. The Hall–Kier alpha value is -1.37. The Labute approximate surface area is 90.7 Å². The van der Waals surface area contributed by atoms with Gasteiger partial charge in [0.25, 0.3) is 0 Å². The highest BCUT2D eigenvalue weighted by Gasteiger charge is 2.11. The van der Waals surface area contributed by atoms with Gasteiger partial charge in [-0.3, -0.25) is 4.79 Å². The highest BCUT2D eigenvalue weighted by molar-refractivity contribution is 5.95. The summed E-state index contributed by atoms with van der Waals surface area (Å²) in [6.45, 7) is 0. The summed E-state index contributed by atoms with van der Waals surface area (Å²) in [5.74, 6) is -0.860. The number of carbonyl (C=O) groups is 1. The van der Waals surface area contributed by atoms with Gasteiger partial charge in [0.15, 0.2) is 0 Å². The predicted octanol–water partition coefficient (Wildman–Crippen LogP) is -1.39. The van der Waals surface area contributed by atoms with E-state index in [1.165, 1.54) is 12.1 Å². The van der Waals surface area contributed by atoms with Gasteiger partial charge in [-0.05, 0) is 24.1 Å².